The maximum absolute atomic E-state index is 12.6. The molecule has 0 aliphatic heterocycles. The minimum Gasteiger partial charge on any atom is -0.346 e. The van der Waals surface area contributed by atoms with E-state index in [-0.39, 0.29) is 24.3 Å². The second-order valence-electron chi connectivity index (χ2n) is 7.20. The molecule has 0 aliphatic carbocycles. The van der Waals surface area contributed by atoms with Crippen molar-refractivity contribution in [2.45, 2.75) is 32.2 Å². The van der Waals surface area contributed by atoms with Gasteiger partial charge in [0.15, 0.2) is 5.13 Å². The van der Waals surface area contributed by atoms with E-state index in [9.17, 15) is 9.59 Å². The number of carbonyl (C=O) groups excluding carboxylic acids is 2. The number of H-pyrrole nitrogens is 1. The van der Waals surface area contributed by atoms with Gasteiger partial charge in [-0.2, -0.15) is 0 Å². The monoisotopic (exact) mass is 465 g/mol. The number of thiophene rings is 1. The summed E-state index contributed by atoms with van der Waals surface area (Å²) < 4.78 is 0. The summed E-state index contributed by atoms with van der Waals surface area (Å²) in [6.07, 6.45) is 2.94. The topological polar surface area (TPSA) is 99.8 Å². The molecule has 2 amide bonds. The number of anilines is 1. The lowest BCUT2D eigenvalue weighted by Crippen LogP contribution is -2.30. The lowest BCUT2D eigenvalue weighted by molar-refractivity contribution is -0.121. The number of aromatic nitrogens is 3. The number of rotatable bonds is 9. The van der Waals surface area contributed by atoms with Crippen LogP contribution in [-0.4, -0.2) is 26.8 Å². The molecular weight excluding hydrogens is 442 g/mol. The largest absolute Gasteiger partial charge is 0.346 e. The molecule has 1 unspecified atom stereocenters. The molecular formula is C23H23N5O2S2. The van der Waals surface area contributed by atoms with Gasteiger partial charge in [0.1, 0.15) is 5.82 Å². The molecule has 4 rings (SSSR count). The van der Waals surface area contributed by atoms with Gasteiger partial charge in [-0.15, -0.1) is 22.7 Å². The van der Waals surface area contributed by atoms with Gasteiger partial charge in [0.25, 0.3) is 0 Å². The average Bonchev–Trinajstić information content (AvgIpc) is 3.55. The summed E-state index contributed by atoms with van der Waals surface area (Å²) in [6.45, 7) is 2.00. The zero-order valence-corrected chi connectivity index (χ0v) is 19.1. The maximum atomic E-state index is 12.6. The molecule has 0 saturated carbocycles. The maximum Gasteiger partial charge on any atom is 0.231 e. The molecule has 9 heteroatoms. The van der Waals surface area contributed by atoms with Crippen LogP contribution in [0.15, 0.2) is 59.4 Å². The van der Waals surface area contributed by atoms with Gasteiger partial charge in [-0.05, 0) is 23.4 Å². The van der Waals surface area contributed by atoms with Crippen LogP contribution in [0.3, 0.4) is 0 Å². The Morgan fingerprint density at radius 1 is 1.06 bits per heavy atom. The highest BCUT2D eigenvalue weighted by atomic mass is 32.1. The Bertz CT molecular complexity index is 1170. The van der Waals surface area contributed by atoms with E-state index in [4.69, 9.17) is 0 Å². The van der Waals surface area contributed by atoms with Crippen LogP contribution in [0.4, 0.5) is 5.13 Å². The van der Waals surface area contributed by atoms with E-state index in [2.05, 4.69) is 25.6 Å². The second kappa shape index (κ2) is 10.3. The SMILES string of the molecule is CCC(NC(=O)Cc1csc(NC(=O)Cc2cccs2)n1)c1ncc(-c2ccccc2)[nH]1. The van der Waals surface area contributed by atoms with Crippen molar-refractivity contribution >= 4 is 39.6 Å². The van der Waals surface area contributed by atoms with Crippen LogP contribution in [0.1, 0.15) is 35.8 Å². The van der Waals surface area contributed by atoms with Gasteiger partial charge in [0, 0.05) is 10.3 Å². The van der Waals surface area contributed by atoms with E-state index in [1.165, 1.54) is 11.3 Å². The summed E-state index contributed by atoms with van der Waals surface area (Å²) in [6, 6.07) is 13.6. The second-order valence-corrected chi connectivity index (χ2v) is 9.09. The molecule has 0 fully saturated rings. The van der Waals surface area contributed by atoms with Crippen molar-refractivity contribution in [2.24, 2.45) is 0 Å². The minimum atomic E-state index is -0.219. The summed E-state index contributed by atoms with van der Waals surface area (Å²) >= 11 is 2.86. The van der Waals surface area contributed by atoms with Crippen molar-refractivity contribution in [1.29, 1.82) is 0 Å². The molecule has 3 heterocycles. The lowest BCUT2D eigenvalue weighted by atomic mass is 10.2. The zero-order chi connectivity index (χ0) is 22.3. The van der Waals surface area contributed by atoms with Crippen molar-refractivity contribution in [1.82, 2.24) is 20.3 Å². The highest BCUT2D eigenvalue weighted by molar-refractivity contribution is 7.14. The highest BCUT2D eigenvalue weighted by Crippen LogP contribution is 2.21. The Morgan fingerprint density at radius 3 is 2.66 bits per heavy atom. The normalized spacial score (nSPS) is 11.8. The van der Waals surface area contributed by atoms with Gasteiger partial charge in [0.05, 0.1) is 36.5 Å². The van der Waals surface area contributed by atoms with Crippen molar-refractivity contribution in [2.75, 3.05) is 5.32 Å². The van der Waals surface area contributed by atoms with Crippen molar-refractivity contribution in [3.05, 3.63) is 75.8 Å². The van der Waals surface area contributed by atoms with E-state index >= 15 is 0 Å². The molecule has 3 N–H and O–H groups in total. The molecule has 0 radical (unpaired) electrons. The molecule has 0 bridgehead atoms. The lowest BCUT2D eigenvalue weighted by Gasteiger charge is -2.14. The number of carbonyl (C=O) groups is 2. The number of nitrogens with one attached hydrogen (secondary N) is 3. The Hall–Kier alpha value is -3.30. The number of hydrogen-bond acceptors (Lipinski definition) is 6. The van der Waals surface area contributed by atoms with Crippen molar-refractivity contribution in [3.8, 4) is 11.3 Å². The molecule has 0 spiro atoms. The van der Waals surface area contributed by atoms with E-state index in [0.717, 1.165) is 22.0 Å². The number of imidazole rings is 1. The fourth-order valence-corrected chi connectivity index (χ4v) is 4.66. The molecule has 32 heavy (non-hydrogen) atoms. The van der Waals surface area contributed by atoms with E-state index in [1.807, 2.05) is 54.8 Å². The van der Waals surface area contributed by atoms with Crippen LogP contribution in [0, 0.1) is 0 Å². The van der Waals surface area contributed by atoms with Crippen LogP contribution in [-0.2, 0) is 22.4 Å². The predicted octanol–water partition coefficient (Wildman–Crippen LogP) is 4.59. The first-order valence-electron chi connectivity index (χ1n) is 10.3. The summed E-state index contributed by atoms with van der Waals surface area (Å²) in [5, 5.41) is 10.1. The van der Waals surface area contributed by atoms with Crippen LogP contribution in [0.5, 0.6) is 0 Å². The molecule has 0 saturated heterocycles. The first-order valence-corrected chi connectivity index (χ1v) is 12.0. The molecule has 164 valence electrons. The number of thiazole rings is 1. The van der Waals surface area contributed by atoms with E-state index in [0.29, 0.717) is 23.7 Å². The third-order valence-electron chi connectivity index (χ3n) is 4.81. The quantitative estimate of drug-likeness (QED) is 0.337. The van der Waals surface area contributed by atoms with Gasteiger partial charge < -0.3 is 15.6 Å². The van der Waals surface area contributed by atoms with Crippen LogP contribution < -0.4 is 10.6 Å². The summed E-state index contributed by atoms with van der Waals surface area (Å²) in [5.41, 5.74) is 2.58. The summed E-state index contributed by atoms with van der Waals surface area (Å²) in [4.78, 5) is 37.9. The van der Waals surface area contributed by atoms with Crippen LogP contribution >= 0.6 is 22.7 Å². The fraction of sp³-hybridized carbons (Fsp3) is 0.217. The molecule has 7 nitrogen and oxygen atoms in total. The Morgan fingerprint density at radius 2 is 1.91 bits per heavy atom. The van der Waals surface area contributed by atoms with Crippen molar-refractivity contribution in [3.63, 3.8) is 0 Å². The summed E-state index contributed by atoms with van der Waals surface area (Å²) in [5.74, 6) is 0.465. The number of hydrogen-bond donors (Lipinski definition) is 3. The molecule has 1 atom stereocenters. The Labute approximate surface area is 194 Å². The summed E-state index contributed by atoms with van der Waals surface area (Å²) in [7, 11) is 0. The van der Waals surface area contributed by atoms with Crippen LogP contribution in [0.25, 0.3) is 11.3 Å². The Balaban J connectivity index is 1.32. The van der Waals surface area contributed by atoms with Gasteiger partial charge in [-0.25, -0.2) is 9.97 Å². The molecule has 4 aromatic rings. The van der Waals surface area contributed by atoms with Crippen LogP contribution in [0.2, 0.25) is 0 Å². The van der Waals surface area contributed by atoms with E-state index < -0.39 is 0 Å². The number of aromatic amines is 1. The third kappa shape index (κ3) is 5.68. The number of nitrogens with zero attached hydrogens (tertiary/aromatic N) is 2. The highest BCUT2D eigenvalue weighted by Gasteiger charge is 2.18. The molecule has 1 aromatic carbocycles. The molecule has 0 aliphatic rings. The first-order chi connectivity index (χ1) is 15.6. The smallest absolute Gasteiger partial charge is 0.231 e. The van der Waals surface area contributed by atoms with E-state index in [1.54, 1.807) is 22.9 Å². The Kier molecular flexibility index (Phi) is 7.08. The van der Waals surface area contributed by atoms with Gasteiger partial charge >= 0.3 is 0 Å². The third-order valence-corrected chi connectivity index (χ3v) is 6.49. The average molecular weight is 466 g/mol. The fourth-order valence-electron chi connectivity index (χ4n) is 3.23. The number of benzene rings is 1. The molecule has 3 aromatic heterocycles. The van der Waals surface area contributed by atoms with Gasteiger partial charge in [-0.3, -0.25) is 9.59 Å². The van der Waals surface area contributed by atoms with Gasteiger partial charge in [0.2, 0.25) is 11.8 Å². The standard InChI is InChI=1S/C23H23N5O2S2/c1-2-18(22-24-13-19(27-22)15-7-4-3-5-8-15)26-20(29)11-16-14-32-23(25-16)28-21(30)12-17-9-6-10-31-17/h3-10,13-14,18H,2,11-12H2,1H3,(H,24,27)(H,26,29)(H,25,28,30). The van der Waals surface area contributed by atoms with Crippen molar-refractivity contribution < 1.29 is 9.59 Å². The first kappa shape index (κ1) is 21.9. The number of amides is 2. The predicted molar refractivity (Wildman–Crippen MR) is 128 cm³/mol. The van der Waals surface area contributed by atoms with Gasteiger partial charge in [-0.1, -0.05) is 43.3 Å². The zero-order valence-electron chi connectivity index (χ0n) is 17.5. The minimum absolute atomic E-state index is 0.115.